The Hall–Kier alpha value is -1.68. The fourth-order valence-corrected chi connectivity index (χ4v) is 3.51. The highest BCUT2D eigenvalue weighted by Gasteiger charge is 2.29. The summed E-state index contributed by atoms with van der Waals surface area (Å²) in [6, 6.07) is 6.26. The number of hydrogen-bond donors (Lipinski definition) is 0. The Morgan fingerprint density at radius 2 is 1.92 bits per heavy atom. The molecule has 0 radical (unpaired) electrons. The quantitative estimate of drug-likeness (QED) is 0.627. The highest BCUT2D eigenvalue weighted by molar-refractivity contribution is 6.30. The van der Waals surface area contributed by atoms with Gasteiger partial charge < -0.3 is 4.57 Å². The second-order valence-electron chi connectivity index (χ2n) is 7.85. The molecule has 4 nitrogen and oxygen atoms in total. The van der Waals surface area contributed by atoms with Gasteiger partial charge in [-0.15, -0.1) is 10.2 Å². The minimum absolute atomic E-state index is 0.240. The molecule has 140 valence electrons. The standard InChI is InChI=1S/C21H28ClN3O/c1-14(2)4-10-20-23-24-21(25(20)18-7-8-18)11-9-19(26)13-16-5-6-17(22)12-15(16)3/h5-6,12,14,18H,4,7-11,13H2,1-3H3. The first-order chi connectivity index (χ1) is 12.4. The van der Waals surface area contributed by atoms with E-state index >= 15 is 0 Å². The third-order valence-electron chi connectivity index (χ3n) is 5.01. The summed E-state index contributed by atoms with van der Waals surface area (Å²) in [6.45, 7) is 6.46. The van der Waals surface area contributed by atoms with Gasteiger partial charge in [0.05, 0.1) is 0 Å². The molecule has 0 bridgehead atoms. The van der Waals surface area contributed by atoms with Crippen molar-refractivity contribution < 1.29 is 4.79 Å². The van der Waals surface area contributed by atoms with Crippen molar-refractivity contribution in [2.24, 2.45) is 5.92 Å². The van der Waals surface area contributed by atoms with Gasteiger partial charge in [-0.25, -0.2) is 0 Å². The van der Waals surface area contributed by atoms with Gasteiger partial charge in [-0.2, -0.15) is 0 Å². The van der Waals surface area contributed by atoms with E-state index in [0.717, 1.165) is 35.6 Å². The van der Waals surface area contributed by atoms with Crippen LogP contribution < -0.4 is 0 Å². The van der Waals surface area contributed by atoms with Crippen LogP contribution in [0.3, 0.4) is 0 Å². The molecule has 0 aliphatic heterocycles. The molecule has 0 N–H and O–H groups in total. The van der Waals surface area contributed by atoms with E-state index in [4.69, 9.17) is 11.6 Å². The maximum Gasteiger partial charge on any atom is 0.137 e. The highest BCUT2D eigenvalue weighted by atomic mass is 35.5. The van der Waals surface area contributed by atoms with Crippen molar-refractivity contribution in [3.05, 3.63) is 46.0 Å². The lowest BCUT2D eigenvalue weighted by Crippen LogP contribution is -2.11. The molecule has 26 heavy (non-hydrogen) atoms. The number of nitrogens with zero attached hydrogens (tertiary/aromatic N) is 3. The van der Waals surface area contributed by atoms with E-state index in [1.54, 1.807) is 0 Å². The van der Waals surface area contributed by atoms with Crippen molar-refractivity contribution in [2.75, 3.05) is 0 Å². The van der Waals surface area contributed by atoms with E-state index in [0.29, 0.717) is 36.2 Å². The smallest absolute Gasteiger partial charge is 0.137 e. The van der Waals surface area contributed by atoms with E-state index in [2.05, 4.69) is 28.6 Å². The van der Waals surface area contributed by atoms with Gasteiger partial charge >= 0.3 is 0 Å². The van der Waals surface area contributed by atoms with Gasteiger partial charge in [0, 0.05) is 36.7 Å². The molecule has 1 aliphatic rings. The predicted octanol–water partition coefficient (Wildman–Crippen LogP) is 4.91. The van der Waals surface area contributed by atoms with Crippen molar-refractivity contribution in [1.29, 1.82) is 0 Å². The maximum atomic E-state index is 12.5. The fraction of sp³-hybridized carbons (Fsp3) is 0.571. The molecule has 0 amide bonds. The highest BCUT2D eigenvalue weighted by Crippen LogP contribution is 2.37. The van der Waals surface area contributed by atoms with Crippen LogP contribution in [0.5, 0.6) is 0 Å². The first-order valence-corrected chi connectivity index (χ1v) is 10.0. The van der Waals surface area contributed by atoms with E-state index < -0.39 is 0 Å². The normalized spacial score (nSPS) is 14.2. The minimum Gasteiger partial charge on any atom is -0.312 e. The van der Waals surface area contributed by atoms with Crippen molar-refractivity contribution in [3.8, 4) is 0 Å². The fourth-order valence-electron chi connectivity index (χ4n) is 3.28. The second kappa shape index (κ2) is 8.34. The number of hydrogen-bond acceptors (Lipinski definition) is 3. The third-order valence-corrected chi connectivity index (χ3v) is 5.25. The van der Waals surface area contributed by atoms with Crippen molar-refractivity contribution in [3.63, 3.8) is 0 Å². The lowest BCUT2D eigenvalue weighted by Gasteiger charge is -2.10. The van der Waals surface area contributed by atoms with Crippen LogP contribution in [-0.2, 0) is 24.1 Å². The molecule has 1 aromatic carbocycles. The van der Waals surface area contributed by atoms with Gasteiger partial charge in [-0.3, -0.25) is 4.79 Å². The van der Waals surface area contributed by atoms with Gasteiger partial charge in [0.15, 0.2) is 0 Å². The number of Topliss-reactive ketones (excluding diaryl/α,β-unsaturated/α-hetero) is 1. The summed E-state index contributed by atoms with van der Waals surface area (Å²) >= 11 is 5.99. The summed E-state index contributed by atoms with van der Waals surface area (Å²) in [5.41, 5.74) is 2.13. The van der Waals surface area contributed by atoms with Crippen LogP contribution in [0.15, 0.2) is 18.2 Å². The number of halogens is 1. The summed E-state index contributed by atoms with van der Waals surface area (Å²) in [5.74, 6) is 2.97. The monoisotopic (exact) mass is 373 g/mol. The summed E-state index contributed by atoms with van der Waals surface area (Å²) in [7, 11) is 0. The summed E-state index contributed by atoms with van der Waals surface area (Å²) in [4.78, 5) is 12.5. The van der Waals surface area contributed by atoms with Gasteiger partial charge in [-0.05, 0) is 55.4 Å². The van der Waals surface area contributed by atoms with Crippen LogP contribution in [0, 0.1) is 12.8 Å². The molecule has 1 fully saturated rings. The number of carbonyl (C=O) groups is 1. The Kier molecular flexibility index (Phi) is 6.13. The van der Waals surface area contributed by atoms with Crippen molar-refractivity contribution in [2.45, 2.75) is 71.8 Å². The molecule has 0 spiro atoms. The lowest BCUT2D eigenvalue weighted by molar-refractivity contribution is -0.118. The van der Waals surface area contributed by atoms with E-state index in [-0.39, 0.29) is 5.78 Å². The number of aryl methyl sites for hydroxylation is 3. The molecule has 1 aromatic heterocycles. The molecule has 5 heteroatoms. The van der Waals surface area contributed by atoms with E-state index in [9.17, 15) is 4.79 Å². The Balaban J connectivity index is 1.61. The van der Waals surface area contributed by atoms with Crippen LogP contribution >= 0.6 is 11.6 Å². The summed E-state index contributed by atoms with van der Waals surface area (Å²) in [6.07, 6.45) is 6.16. The largest absolute Gasteiger partial charge is 0.312 e. The number of rotatable bonds is 9. The molecule has 1 heterocycles. The lowest BCUT2D eigenvalue weighted by atomic mass is 10.0. The number of carbonyl (C=O) groups excluding carboxylic acids is 1. The first-order valence-electron chi connectivity index (χ1n) is 9.63. The molecular formula is C21H28ClN3O. The maximum absolute atomic E-state index is 12.5. The topological polar surface area (TPSA) is 47.8 Å². The Morgan fingerprint density at radius 1 is 1.23 bits per heavy atom. The van der Waals surface area contributed by atoms with Crippen LogP contribution in [0.2, 0.25) is 5.02 Å². The molecule has 1 aliphatic carbocycles. The van der Waals surface area contributed by atoms with E-state index in [1.165, 1.54) is 12.8 Å². The van der Waals surface area contributed by atoms with Crippen LogP contribution in [-0.4, -0.2) is 20.5 Å². The number of aromatic nitrogens is 3. The minimum atomic E-state index is 0.240. The van der Waals surface area contributed by atoms with Crippen LogP contribution in [0.25, 0.3) is 0 Å². The molecule has 0 unspecified atom stereocenters. The second-order valence-corrected chi connectivity index (χ2v) is 8.29. The molecule has 3 rings (SSSR count). The van der Waals surface area contributed by atoms with Gasteiger partial charge in [-0.1, -0.05) is 31.5 Å². The molecule has 0 atom stereocenters. The Bertz CT molecular complexity index is 778. The van der Waals surface area contributed by atoms with Crippen molar-refractivity contribution >= 4 is 17.4 Å². The average molecular weight is 374 g/mol. The zero-order chi connectivity index (χ0) is 18.7. The van der Waals surface area contributed by atoms with Gasteiger partial charge in [0.2, 0.25) is 0 Å². The third kappa shape index (κ3) is 4.94. The molecular weight excluding hydrogens is 346 g/mol. The molecule has 0 saturated heterocycles. The number of ketones is 1. The molecule has 2 aromatic rings. The van der Waals surface area contributed by atoms with E-state index in [1.807, 2.05) is 25.1 Å². The van der Waals surface area contributed by atoms with Crippen molar-refractivity contribution in [1.82, 2.24) is 14.8 Å². The first kappa shape index (κ1) is 19.1. The molecule has 1 saturated carbocycles. The number of benzene rings is 1. The zero-order valence-electron chi connectivity index (χ0n) is 16.0. The summed E-state index contributed by atoms with van der Waals surface area (Å²) < 4.78 is 2.31. The predicted molar refractivity (Wildman–Crippen MR) is 105 cm³/mol. The van der Waals surface area contributed by atoms with Crippen LogP contribution in [0.1, 0.15) is 68.3 Å². The van der Waals surface area contributed by atoms with Gasteiger partial charge in [0.1, 0.15) is 17.4 Å². The van der Waals surface area contributed by atoms with Gasteiger partial charge in [0.25, 0.3) is 0 Å². The summed E-state index contributed by atoms with van der Waals surface area (Å²) in [5, 5.41) is 9.54. The van der Waals surface area contributed by atoms with Crippen LogP contribution in [0.4, 0.5) is 0 Å². The Morgan fingerprint density at radius 3 is 2.54 bits per heavy atom. The SMILES string of the molecule is Cc1cc(Cl)ccc1CC(=O)CCc1nnc(CCC(C)C)n1C1CC1. The zero-order valence-corrected chi connectivity index (χ0v) is 16.7. The average Bonchev–Trinajstić information content (AvgIpc) is 3.34. The Labute approximate surface area is 161 Å².